The van der Waals surface area contributed by atoms with Crippen molar-refractivity contribution in [1.29, 1.82) is 0 Å². The molecule has 0 unspecified atom stereocenters. The normalized spacial score (nSPS) is 11.8. The average molecular weight is 349 g/mol. The van der Waals surface area contributed by atoms with Gasteiger partial charge in [0, 0.05) is 18.6 Å². The van der Waals surface area contributed by atoms with Crippen molar-refractivity contribution in [3.63, 3.8) is 0 Å². The minimum Gasteiger partial charge on any atom is -0.454 e. The number of amides is 1. The molecule has 0 bridgehead atoms. The van der Waals surface area contributed by atoms with Crippen molar-refractivity contribution in [2.24, 2.45) is 0 Å². The molecule has 0 atom stereocenters. The maximum absolute atomic E-state index is 12.2. The Bertz CT molecular complexity index is 762. The summed E-state index contributed by atoms with van der Waals surface area (Å²) >= 11 is 0. The molecule has 2 aromatic carbocycles. The Balaban J connectivity index is 0.00000208. The second-order valence-electron chi connectivity index (χ2n) is 5.77. The summed E-state index contributed by atoms with van der Waals surface area (Å²) in [6, 6.07) is 9.64. The Morgan fingerprint density at radius 3 is 2.58 bits per heavy atom. The number of hydrogen-bond acceptors (Lipinski definition) is 4. The number of nitrogens with two attached hydrogens (primary N) is 1. The number of rotatable bonds is 4. The van der Waals surface area contributed by atoms with Crippen molar-refractivity contribution < 1.29 is 14.3 Å². The highest BCUT2D eigenvalue weighted by Gasteiger charge is 2.17. The summed E-state index contributed by atoms with van der Waals surface area (Å²) in [5, 5.41) is 2.84. The molecular weight excluding hydrogens is 328 g/mol. The first-order valence-electron chi connectivity index (χ1n) is 7.58. The molecule has 0 spiro atoms. The Labute approximate surface area is 147 Å². The number of fused-ring (bicyclic) bond motifs is 1. The van der Waals surface area contributed by atoms with E-state index in [9.17, 15) is 4.79 Å². The lowest BCUT2D eigenvalue weighted by molar-refractivity contribution is -0.116. The van der Waals surface area contributed by atoms with Gasteiger partial charge in [-0.25, -0.2) is 0 Å². The minimum atomic E-state index is -0.0736. The average Bonchev–Trinajstić information content (AvgIpc) is 2.93. The van der Waals surface area contributed by atoms with E-state index in [0.717, 1.165) is 0 Å². The molecule has 128 valence electrons. The van der Waals surface area contributed by atoms with E-state index < -0.39 is 0 Å². The third kappa shape index (κ3) is 3.92. The van der Waals surface area contributed by atoms with Crippen molar-refractivity contribution in [3.05, 3.63) is 47.0 Å². The van der Waals surface area contributed by atoms with Crippen LogP contribution in [0.5, 0.6) is 11.5 Å². The molecule has 0 aromatic heterocycles. The quantitative estimate of drug-likeness (QED) is 0.828. The first-order valence-corrected chi connectivity index (χ1v) is 7.58. The van der Waals surface area contributed by atoms with Crippen molar-refractivity contribution in [3.8, 4) is 11.5 Å². The number of carbonyl (C=O) groups is 1. The maximum atomic E-state index is 12.2. The van der Waals surface area contributed by atoms with Crippen LogP contribution in [0.25, 0.3) is 0 Å². The van der Waals surface area contributed by atoms with Crippen LogP contribution in [0.3, 0.4) is 0 Å². The second kappa shape index (κ2) is 7.45. The zero-order chi connectivity index (χ0) is 16.4. The van der Waals surface area contributed by atoms with Crippen LogP contribution in [0.2, 0.25) is 0 Å². The number of ether oxygens (including phenoxy) is 2. The van der Waals surface area contributed by atoms with Crippen LogP contribution in [0, 0.1) is 13.8 Å². The van der Waals surface area contributed by atoms with Gasteiger partial charge in [0.05, 0.1) is 11.4 Å². The molecule has 1 heterocycles. The minimum absolute atomic E-state index is 0. The van der Waals surface area contributed by atoms with Gasteiger partial charge in [0.2, 0.25) is 12.7 Å². The summed E-state index contributed by atoms with van der Waals surface area (Å²) in [5.74, 6) is 1.13. The number of halogens is 1. The van der Waals surface area contributed by atoms with Crippen LogP contribution in [0.1, 0.15) is 23.1 Å². The van der Waals surface area contributed by atoms with Gasteiger partial charge >= 0.3 is 0 Å². The summed E-state index contributed by atoms with van der Waals surface area (Å²) in [4.78, 5) is 12.2. The van der Waals surface area contributed by atoms with Crippen LogP contribution < -0.4 is 20.5 Å². The largest absolute Gasteiger partial charge is 0.454 e. The van der Waals surface area contributed by atoms with Gasteiger partial charge in [-0.2, -0.15) is 0 Å². The molecule has 6 heteroatoms. The van der Waals surface area contributed by atoms with E-state index in [1.165, 1.54) is 16.7 Å². The predicted octanol–water partition coefficient (Wildman–Crippen LogP) is 3.61. The fourth-order valence-corrected chi connectivity index (χ4v) is 2.65. The van der Waals surface area contributed by atoms with Crippen molar-refractivity contribution in [1.82, 2.24) is 0 Å². The van der Waals surface area contributed by atoms with Crippen LogP contribution >= 0.6 is 12.4 Å². The van der Waals surface area contributed by atoms with Crippen LogP contribution in [-0.2, 0) is 11.2 Å². The molecule has 0 fully saturated rings. The lowest BCUT2D eigenvalue weighted by Gasteiger charge is -2.10. The summed E-state index contributed by atoms with van der Waals surface area (Å²) in [6.07, 6.45) is 1.10. The maximum Gasteiger partial charge on any atom is 0.231 e. The van der Waals surface area contributed by atoms with Crippen molar-refractivity contribution in [2.45, 2.75) is 26.7 Å². The molecule has 0 saturated carbocycles. The lowest BCUT2D eigenvalue weighted by Crippen LogP contribution is -2.14. The van der Waals surface area contributed by atoms with Gasteiger partial charge in [-0.05, 0) is 31.4 Å². The molecule has 0 saturated heterocycles. The molecule has 1 aliphatic rings. The Morgan fingerprint density at radius 2 is 1.88 bits per heavy atom. The fourth-order valence-electron chi connectivity index (χ4n) is 2.65. The lowest BCUT2D eigenvalue weighted by atomic mass is 10.0. The Hall–Kier alpha value is -2.40. The highest BCUT2D eigenvalue weighted by molar-refractivity contribution is 5.94. The van der Waals surface area contributed by atoms with E-state index in [2.05, 4.69) is 37.4 Å². The summed E-state index contributed by atoms with van der Waals surface area (Å²) in [6.45, 7) is 4.31. The first-order chi connectivity index (χ1) is 11.0. The monoisotopic (exact) mass is 348 g/mol. The number of anilines is 2. The Kier molecular flexibility index (Phi) is 5.57. The summed E-state index contributed by atoms with van der Waals surface area (Å²) in [5.41, 5.74) is 10.6. The SMILES string of the molecule is Cc1ccc(CCC(=O)Nc2cc3c(cc2N)OCO3)c(C)c1.Cl. The molecule has 1 aliphatic heterocycles. The fraction of sp³-hybridized carbons (Fsp3) is 0.278. The zero-order valence-electron chi connectivity index (χ0n) is 13.7. The smallest absolute Gasteiger partial charge is 0.231 e. The zero-order valence-corrected chi connectivity index (χ0v) is 14.5. The van der Waals surface area contributed by atoms with Crippen molar-refractivity contribution in [2.75, 3.05) is 17.8 Å². The highest BCUT2D eigenvalue weighted by Crippen LogP contribution is 2.38. The molecule has 0 radical (unpaired) electrons. The molecule has 3 N–H and O–H groups in total. The number of hydrogen-bond donors (Lipinski definition) is 2. The van der Waals surface area contributed by atoms with E-state index in [0.29, 0.717) is 35.7 Å². The van der Waals surface area contributed by atoms with E-state index in [1.807, 2.05) is 0 Å². The topological polar surface area (TPSA) is 73.6 Å². The van der Waals surface area contributed by atoms with E-state index in [1.54, 1.807) is 12.1 Å². The number of carbonyl (C=O) groups excluding carboxylic acids is 1. The Morgan fingerprint density at radius 1 is 1.17 bits per heavy atom. The highest BCUT2D eigenvalue weighted by atomic mass is 35.5. The molecule has 24 heavy (non-hydrogen) atoms. The molecular formula is C18H21ClN2O3. The van der Waals surface area contributed by atoms with Crippen LogP contribution in [-0.4, -0.2) is 12.7 Å². The third-order valence-corrected chi connectivity index (χ3v) is 3.94. The molecule has 2 aromatic rings. The number of benzene rings is 2. The van der Waals surface area contributed by atoms with Gasteiger partial charge in [0.25, 0.3) is 0 Å². The van der Waals surface area contributed by atoms with Crippen molar-refractivity contribution >= 4 is 29.7 Å². The molecule has 3 rings (SSSR count). The van der Waals surface area contributed by atoms with Gasteiger partial charge in [0.15, 0.2) is 11.5 Å². The summed E-state index contributed by atoms with van der Waals surface area (Å²) < 4.78 is 10.6. The first kappa shape index (κ1) is 17.9. The third-order valence-electron chi connectivity index (χ3n) is 3.94. The number of nitrogens with one attached hydrogen (secondary N) is 1. The van der Waals surface area contributed by atoms with Gasteiger partial charge in [-0.3, -0.25) is 4.79 Å². The van der Waals surface area contributed by atoms with E-state index >= 15 is 0 Å². The van der Waals surface area contributed by atoms with E-state index in [4.69, 9.17) is 15.2 Å². The number of aryl methyl sites for hydroxylation is 3. The molecule has 1 amide bonds. The van der Waals surface area contributed by atoms with Gasteiger partial charge in [0.1, 0.15) is 0 Å². The molecule has 0 aliphatic carbocycles. The van der Waals surface area contributed by atoms with Crippen LogP contribution in [0.15, 0.2) is 30.3 Å². The number of nitrogen functional groups attached to an aromatic ring is 1. The van der Waals surface area contributed by atoms with Gasteiger partial charge in [-0.1, -0.05) is 23.8 Å². The predicted molar refractivity (Wildman–Crippen MR) is 97.1 cm³/mol. The van der Waals surface area contributed by atoms with Crippen LogP contribution in [0.4, 0.5) is 11.4 Å². The molecule has 5 nitrogen and oxygen atoms in total. The van der Waals surface area contributed by atoms with Gasteiger partial charge < -0.3 is 20.5 Å². The van der Waals surface area contributed by atoms with Gasteiger partial charge in [-0.15, -0.1) is 12.4 Å². The van der Waals surface area contributed by atoms with E-state index in [-0.39, 0.29) is 25.1 Å². The summed E-state index contributed by atoms with van der Waals surface area (Å²) in [7, 11) is 0. The standard InChI is InChI=1S/C18H20N2O3.ClH/c1-11-3-4-13(12(2)7-11)5-6-18(21)20-15-9-17-16(8-14(15)19)22-10-23-17;/h3-4,7-9H,5-6,10,19H2,1-2H3,(H,20,21);1H. The second-order valence-corrected chi connectivity index (χ2v) is 5.77.